The zero-order valence-electron chi connectivity index (χ0n) is 13.6. The van der Waals surface area contributed by atoms with Gasteiger partial charge in [0.15, 0.2) is 11.1 Å². The van der Waals surface area contributed by atoms with Gasteiger partial charge in [0.25, 0.3) is 0 Å². The third-order valence-corrected chi connectivity index (χ3v) is 4.11. The molecule has 2 heterocycles. The Balaban J connectivity index is 2.62. The van der Waals surface area contributed by atoms with Gasteiger partial charge in [-0.3, -0.25) is 9.78 Å². The number of nitriles is 1. The molecule has 0 radical (unpaired) electrons. The molecular weight excluding hydrogens is 308 g/mol. The van der Waals surface area contributed by atoms with Crippen LogP contribution in [0, 0.1) is 11.3 Å². The predicted molar refractivity (Wildman–Crippen MR) is 90.4 cm³/mol. The van der Waals surface area contributed by atoms with Crippen molar-refractivity contribution in [2.45, 2.75) is 26.2 Å². The highest BCUT2D eigenvalue weighted by molar-refractivity contribution is 7.07. The molecule has 5 nitrogen and oxygen atoms in total. The summed E-state index contributed by atoms with van der Waals surface area (Å²) in [6, 6.07) is 5.66. The van der Waals surface area contributed by atoms with Gasteiger partial charge in [0.05, 0.1) is 5.70 Å². The Kier molecular flexibility index (Phi) is 4.92. The van der Waals surface area contributed by atoms with Gasteiger partial charge in [0.1, 0.15) is 11.6 Å². The van der Waals surface area contributed by atoms with Crippen LogP contribution in [-0.4, -0.2) is 15.8 Å². The number of allylic oxidation sites excluding steroid dienone is 1. The van der Waals surface area contributed by atoms with Crippen LogP contribution in [0.2, 0.25) is 0 Å². The Bertz CT molecular complexity index is 842. The summed E-state index contributed by atoms with van der Waals surface area (Å²) in [5.74, 6) is 0. The van der Waals surface area contributed by atoms with E-state index in [9.17, 15) is 10.1 Å². The van der Waals surface area contributed by atoms with Gasteiger partial charge < -0.3 is 4.57 Å². The highest BCUT2D eigenvalue weighted by Crippen LogP contribution is 2.23. The molecule has 2 aromatic rings. The van der Waals surface area contributed by atoms with Crippen molar-refractivity contribution in [3.63, 3.8) is 0 Å². The number of hydrogen-bond donors (Lipinski definition) is 0. The van der Waals surface area contributed by atoms with E-state index in [0.29, 0.717) is 22.3 Å². The minimum Gasteiger partial charge on any atom is -0.327 e. The average Bonchev–Trinajstić information content (AvgIpc) is 2.92. The summed E-state index contributed by atoms with van der Waals surface area (Å²) in [6.45, 7) is 6.23. The minimum atomic E-state index is -0.0670. The fourth-order valence-corrected chi connectivity index (χ4v) is 2.66. The standard InChI is InChI=1S/C17H18N4OS/c1-17(2,3)14-6-5-12(10-19-14)15(13(9-18)11-22)20-16-21(4)7-8-23-16/h5-8,10-11H,1-4H3/b15-13-,20-16?. The highest BCUT2D eigenvalue weighted by atomic mass is 32.1. The largest absolute Gasteiger partial charge is 0.327 e. The van der Waals surface area contributed by atoms with Crippen LogP contribution in [0.4, 0.5) is 0 Å². The Hall–Kier alpha value is -2.52. The summed E-state index contributed by atoms with van der Waals surface area (Å²) in [5.41, 5.74) is 1.85. The molecule has 0 saturated carbocycles. The number of thiazole rings is 1. The quantitative estimate of drug-likeness (QED) is 0.495. The number of aryl methyl sites for hydroxylation is 1. The van der Waals surface area contributed by atoms with Crippen LogP contribution in [0.3, 0.4) is 0 Å². The van der Waals surface area contributed by atoms with E-state index in [1.54, 1.807) is 6.20 Å². The van der Waals surface area contributed by atoms with Crippen LogP contribution in [0.5, 0.6) is 0 Å². The van der Waals surface area contributed by atoms with Crippen molar-refractivity contribution in [1.82, 2.24) is 9.55 Å². The van der Waals surface area contributed by atoms with E-state index in [2.05, 4.69) is 30.7 Å². The second kappa shape index (κ2) is 6.71. The first-order valence-electron chi connectivity index (χ1n) is 7.08. The molecule has 0 unspecified atom stereocenters. The van der Waals surface area contributed by atoms with E-state index in [-0.39, 0.29) is 11.0 Å². The van der Waals surface area contributed by atoms with Crippen LogP contribution in [0.15, 0.2) is 40.5 Å². The van der Waals surface area contributed by atoms with Gasteiger partial charge in [-0.05, 0) is 12.1 Å². The second-order valence-electron chi connectivity index (χ2n) is 6.08. The van der Waals surface area contributed by atoms with Crippen molar-refractivity contribution in [2.24, 2.45) is 12.0 Å². The molecule has 2 rings (SSSR count). The number of aldehydes is 1. The normalized spacial score (nSPS) is 13.4. The maximum Gasteiger partial charge on any atom is 0.189 e. The molecule has 0 saturated heterocycles. The van der Waals surface area contributed by atoms with Crippen LogP contribution >= 0.6 is 11.3 Å². The average molecular weight is 326 g/mol. The molecule has 0 amide bonds. The smallest absolute Gasteiger partial charge is 0.189 e. The first kappa shape index (κ1) is 16.8. The van der Waals surface area contributed by atoms with E-state index in [4.69, 9.17) is 0 Å². The molecule has 0 aromatic carbocycles. The SMILES string of the molecule is Cn1ccsc1=N/C(=C(/C#N)C=O)c1ccc(C(C)(C)C)nc1. The van der Waals surface area contributed by atoms with Gasteiger partial charge in [0.2, 0.25) is 0 Å². The van der Waals surface area contributed by atoms with Gasteiger partial charge in [0, 0.05) is 41.5 Å². The van der Waals surface area contributed by atoms with Crippen LogP contribution in [-0.2, 0) is 17.3 Å². The second-order valence-corrected chi connectivity index (χ2v) is 6.96. The number of nitrogens with zero attached hydrogens (tertiary/aromatic N) is 4. The first-order chi connectivity index (χ1) is 10.9. The number of rotatable bonds is 3. The van der Waals surface area contributed by atoms with Crippen LogP contribution < -0.4 is 4.80 Å². The van der Waals surface area contributed by atoms with Crippen molar-refractivity contribution in [3.05, 3.63) is 51.5 Å². The molecule has 0 N–H and O–H groups in total. The number of aromatic nitrogens is 2. The Morgan fingerprint density at radius 1 is 1.43 bits per heavy atom. The van der Waals surface area contributed by atoms with Crippen molar-refractivity contribution in [3.8, 4) is 6.07 Å². The van der Waals surface area contributed by atoms with Crippen LogP contribution in [0.25, 0.3) is 5.70 Å². The zero-order chi connectivity index (χ0) is 17.0. The maximum absolute atomic E-state index is 11.2. The van der Waals surface area contributed by atoms with E-state index < -0.39 is 0 Å². The predicted octanol–water partition coefficient (Wildman–Crippen LogP) is 2.81. The molecule has 6 heteroatoms. The van der Waals surface area contributed by atoms with Crippen molar-refractivity contribution in [2.75, 3.05) is 0 Å². The molecule has 118 valence electrons. The summed E-state index contributed by atoms with van der Waals surface area (Å²) in [6.07, 6.45) is 4.06. The third-order valence-electron chi connectivity index (χ3n) is 3.27. The molecule has 0 atom stereocenters. The molecule has 0 aliphatic heterocycles. The van der Waals surface area contributed by atoms with Crippen molar-refractivity contribution < 1.29 is 4.79 Å². The molecule has 23 heavy (non-hydrogen) atoms. The third kappa shape index (κ3) is 3.82. The Labute approximate surface area is 139 Å². The minimum absolute atomic E-state index is 0.0105. The first-order valence-corrected chi connectivity index (χ1v) is 7.96. The summed E-state index contributed by atoms with van der Waals surface area (Å²) in [5, 5.41) is 11.1. The molecule has 0 spiro atoms. The van der Waals surface area contributed by atoms with Gasteiger partial charge in [-0.15, -0.1) is 11.3 Å². The maximum atomic E-state index is 11.2. The number of hydrogen-bond acceptors (Lipinski definition) is 5. The Morgan fingerprint density at radius 3 is 2.61 bits per heavy atom. The molecular formula is C17H18N4OS. The van der Waals surface area contributed by atoms with Gasteiger partial charge in [-0.25, -0.2) is 4.99 Å². The lowest BCUT2D eigenvalue weighted by Crippen LogP contribution is -2.13. The van der Waals surface area contributed by atoms with E-state index in [1.807, 2.05) is 41.4 Å². The Morgan fingerprint density at radius 2 is 2.17 bits per heavy atom. The van der Waals surface area contributed by atoms with Gasteiger partial charge in [-0.1, -0.05) is 20.8 Å². The monoisotopic (exact) mass is 326 g/mol. The summed E-state index contributed by atoms with van der Waals surface area (Å²) >= 11 is 1.43. The molecule has 0 aliphatic carbocycles. The fourth-order valence-electron chi connectivity index (χ4n) is 1.92. The van der Waals surface area contributed by atoms with E-state index in [0.717, 1.165) is 5.69 Å². The summed E-state index contributed by atoms with van der Waals surface area (Å²) in [4.78, 5) is 20.9. The number of carbonyl (C=O) groups is 1. The molecule has 0 fully saturated rings. The topological polar surface area (TPSA) is 71.0 Å². The summed E-state index contributed by atoms with van der Waals surface area (Å²) in [7, 11) is 1.86. The molecule has 0 bridgehead atoms. The van der Waals surface area contributed by atoms with Crippen molar-refractivity contribution >= 4 is 23.3 Å². The van der Waals surface area contributed by atoms with Gasteiger partial charge in [-0.2, -0.15) is 5.26 Å². The number of pyridine rings is 1. The van der Waals surface area contributed by atoms with E-state index in [1.165, 1.54) is 11.3 Å². The molecule has 0 aliphatic rings. The highest BCUT2D eigenvalue weighted by Gasteiger charge is 2.16. The zero-order valence-corrected chi connectivity index (χ0v) is 14.4. The van der Waals surface area contributed by atoms with Crippen molar-refractivity contribution in [1.29, 1.82) is 5.26 Å². The fraction of sp³-hybridized carbons (Fsp3) is 0.294. The molecule has 2 aromatic heterocycles. The van der Waals surface area contributed by atoms with Gasteiger partial charge >= 0.3 is 0 Å². The number of carbonyl (C=O) groups excluding carboxylic acids is 1. The lowest BCUT2D eigenvalue weighted by atomic mass is 9.91. The van der Waals surface area contributed by atoms with Crippen LogP contribution in [0.1, 0.15) is 32.0 Å². The summed E-state index contributed by atoms with van der Waals surface area (Å²) < 4.78 is 1.83. The lowest BCUT2D eigenvalue weighted by Gasteiger charge is -2.17. The lowest BCUT2D eigenvalue weighted by molar-refractivity contribution is -0.104. The van der Waals surface area contributed by atoms with E-state index >= 15 is 0 Å².